The molecule has 0 bridgehead atoms. The Labute approximate surface area is 91.2 Å². The molecule has 0 aliphatic carbocycles. The molecule has 0 fully saturated rings. The van der Waals surface area contributed by atoms with E-state index < -0.39 is 12.4 Å². The highest BCUT2D eigenvalue weighted by Crippen LogP contribution is 2.30. The monoisotopic (exact) mass is 231 g/mol. The number of aromatic nitrogens is 1. The van der Waals surface area contributed by atoms with Crippen molar-refractivity contribution in [2.45, 2.75) is 13.3 Å². The van der Waals surface area contributed by atoms with Crippen molar-refractivity contribution in [1.29, 1.82) is 0 Å². The van der Waals surface area contributed by atoms with Crippen LogP contribution < -0.4 is 4.74 Å². The molecule has 0 aliphatic rings. The van der Waals surface area contributed by atoms with Gasteiger partial charge in [-0.2, -0.15) is 0 Å². The van der Waals surface area contributed by atoms with Crippen LogP contribution in [-0.2, 0) is 4.74 Å². The Hall–Kier alpha value is -1.72. The summed E-state index contributed by atoms with van der Waals surface area (Å²) in [7, 11) is 2.46. The standard InChI is InChI=1S/C10H11F2NO3/c1-5-6(9(11)12)4-13-7(8(5)15-2)10(14)16-3/h4,9H,1-3H3. The van der Waals surface area contributed by atoms with Crippen molar-refractivity contribution in [1.82, 2.24) is 4.98 Å². The Morgan fingerprint density at radius 2 is 2.06 bits per heavy atom. The van der Waals surface area contributed by atoms with Gasteiger partial charge in [0, 0.05) is 17.3 Å². The Balaban J connectivity index is 3.35. The van der Waals surface area contributed by atoms with Gasteiger partial charge in [0.25, 0.3) is 6.43 Å². The molecule has 0 unspecified atom stereocenters. The van der Waals surface area contributed by atoms with Crippen LogP contribution in [0.1, 0.15) is 28.0 Å². The molecule has 16 heavy (non-hydrogen) atoms. The fourth-order valence-electron chi connectivity index (χ4n) is 1.31. The Bertz CT molecular complexity index is 407. The quantitative estimate of drug-likeness (QED) is 0.747. The Morgan fingerprint density at radius 3 is 2.50 bits per heavy atom. The maximum absolute atomic E-state index is 12.5. The van der Waals surface area contributed by atoms with Crippen LogP contribution in [-0.4, -0.2) is 25.2 Å². The first-order valence-electron chi connectivity index (χ1n) is 4.42. The first-order chi connectivity index (χ1) is 7.52. The van der Waals surface area contributed by atoms with Crippen LogP contribution >= 0.6 is 0 Å². The number of carbonyl (C=O) groups is 1. The molecule has 0 amide bonds. The van der Waals surface area contributed by atoms with Crippen molar-refractivity contribution in [3.8, 4) is 5.75 Å². The van der Waals surface area contributed by atoms with Gasteiger partial charge < -0.3 is 9.47 Å². The number of halogens is 2. The summed E-state index contributed by atoms with van der Waals surface area (Å²) in [5, 5.41) is 0. The van der Waals surface area contributed by atoms with E-state index in [-0.39, 0.29) is 22.6 Å². The molecule has 1 heterocycles. The average molecular weight is 231 g/mol. The minimum absolute atomic E-state index is 0.0182. The molecule has 88 valence electrons. The summed E-state index contributed by atoms with van der Waals surface area (Å²) in [5.74, 6) is -0.703. The van der Waals surface area contributed by atoms with Gasteiger partial charge in [-0.1, -0.05) is 0 Å². The lowest BCUT2D eigenvalue weighted by Gasteiger charge is -2.12. The van der Waals surface area contributed by atoms with Gasteiger partial charge in [-0.3, -0.25) is 0 Å². The molecule has 1 aromatic rings. The predicted octanol–water partition coefficient (Wildman–Crippen LogP) is 2.12. The molecule has 0 radical (unpaired) electrons. The maximum atomic E-state index is 12.5. The summed E-state index contributed by atoms with van der Waals surface area (Å²) in [6.45, 7) is 1.44. The number of rotatable bonds is 3. The van der Waals surface area contributed by atoms with Gasteiger partial charge in [-0.25, -0.2) is 18.6 Å². The predicted molar refractivity (Wildman–Crippen MR) is 51.8 cm³/mol. The lowest BCUT2D eigenvalue weighted by atomic mass is 10.1. The smallest absolute Gasteiger partial charge is 0.360 e. The molecule has 0 aliphatic heterocycles. The van der Waals surface area contributed by atoms with Gasteiger partial charge in [0.1, 0.15) is 0 Å². The number of nitrogens with zero attached hydrogens (tertiary/aromatic N) is 1. The van der Waals surface area contributed by atoms with Crippen molar-refractivity contribution < 1.29 is 23.0 Å². The van der Waals surface area contributed by atoms with Gasteiger partial charge >= 0.3 is 5.97 Å². The molecule has 0 spiro atoms. The van der Waals surface area contributed by atoms with Gasteiger partial charge in [0.15, 0.2) is 11.4 Å². The largest absolute Gasteiger partial charge is 0.494 e. The Morgan fingerprint density at radius 1 is 1.44 bits per heavy atom. The molecule has 0 saturated carbocycles. The minimum Gasteiger partial charge on any atom is -0.494 e. The van der Waals surface area contributed by atoms with E-state index in [2.05, 4.69) is 9.72 Å². The zero-order chi connectivity index (χ0) is 12.3. The van der Waals surface area contributed by atoms with Crippen LogP contribution in [0.25, 0.3) is 0 Å². The number of ether oxygens (including phenoxy) is 2. The van der Waals surface area contributed by atoms with Crippen LogP contribution in [0.4, 0.5) is 8.78 Å². The fourth-order valence-corrected chi connectivity index (χ4v) is 1.31. The first kappa shape index (κ1) is 12.4. The Kier molecular flexibility index (Phi) is 3.76. The van der Waals surface area contributed by atoms with Gasteiger partial charge in [-0.05, 0) is 6.92 Å². The molecule has 1 rings (SSSR count). The van der Waals surface area contributed by atoms with E-state index >= 15 is 0 Å². The van der Waals surface area contributed by atoms with Crippen molar-refractivity contribution in [3.63, 3.8) is 0 Å². The number of alkyl halides is 2. The van der Waals surface area contributed by atoms with Crippen molar-refractivity contribution in [2.24, 2.45) is 0 Å². The molecular formula is C10H11F2NO3. The van der Waals surface area contributed by atoms with E-state index in [1.807, 2.05) is 0 Å². The van der Waals surface area contributed by atoms with Crippen LogP contribution in [0.2, 0.25) is 0 Å². The van der Waals surface area contributed by atoms with E-state index in [9.17, 15) is 13.6 Å². The number of hydrogen-bond donors (Lipinski definition) is 0. The molecule has 0 aromatic carbocycles. The summed E-state index contributed by atoms with van der Waals surface area (Å²) in [4.78, 5) is 14.9. The summed E-state index contributed by atoms with van der Waals surface area (Å²) in [6.07, 6.45) is -1.71. The molecule has 0 N–H and O–H groups in total. The molecule has 4 nitrogen and oxygen atoms in total. The first-order valence-corrected chi connectivity index (χ1v) is 4.42. The molecule has 1 aromatic heterocycles. The summed E-state index contributed by atoms with van der Waals surface area (Å²) in [5.41, 5.74) is -0.177. The van der Waals surface area contributed by atoms with Crippen molar-refractivity contribution in [2.75, 3.05) is 14.2 Å². The van der Waals surface area contributed by atoms with Crippen LogP contribution in [0.3, 0.4) is 0 Å². The highest BCUT2D eigenvalue weighted by molar-refractivity contribution is 5.90. The van der Waals surface area contributed by atoms with E-state index in [1.54, 1.807) is 0 Å². The summed E-state index contributed by atoms with van der Waals surface area (Å²) in [6, 6.07) is 0. The number of carbonyl (C=O) groups excluding carboxylic acids is 1. The van der Waals surface area contributed by atoms with E-state index in [1.165, 1.54) is 21.1 Å². The third kappa shape index (κ3) is 2.10. The zero-order valence-corrected chi connectivity index (χ0v) is 9.08. The van der Waals surface area contributed by atoms with E-state index in [0.29, 0.717) is 0 Å². The number of methoxy groups -OCH3 is 2. The third-order valence-electron chi connectivity index (χ3n) is 2.14. The maximum Gasteiger partial charge on any atom is 0.360 e. The average Bonchev–Trinajstić information content (AvgIpc) is 2.26. The zero-order valence-electron chi connectivity index (χ0n) is 9.08. The number of esters is 1. The molecular weight excluding hydrogens is 220 g/mol. The topological polar surface area (TPSA) is 48.4 Å². The van der Waals surface area contributed by atoms with Gasteiger partial charge in [0.05, 0.1) is 14.2 Å². The highest BCUT2D eigenvalue weighted by Gasteiger charge is 2.22. The molecule has 6 heteroatoms. The van der Waals surface area contributed by atoms with Crippen LogP contribution in [0.5, 0.6) is 5.75 Å². The second kappa shape index (κ2) is 4.87. The van der Waals surface area contributed by atoms with E-state index in [0.717, 1.165) is 6.20 Å². The molecule has 0 saturated heterocycles. The number of hydrogen-bond acceptors (Lipinski definition) is 4. The number of pyridine rings is 1. The third-order valence-corrected chi connectivity index (χ3v) is 2.14. The molecule has 0 atom stereocenters. The lowest BCUT2D eigenvalue weighted by Crippen LogP contribution is -2.09. The minimum atomic E-state index is -2.66. The van der Waals surface area contributed by atoms with Gasteiger partial charge in [-0.15, -0.1) is 0 Å². The lowest BCUT2D eigenvalue weighted by molar-refractivity contribution is 0.0589. The van der Waals surface area contributed by atoms with E-state index in [4.69, 9.17) is 4.74 Å². The summed E-state index contributed by atoms with van der Waals surface area (Å²) < 4.78 is 34.5. The highest BCUT2D eigenvalue weighted by atomic mass is 19.3. The fraction of sp³-hybridized carbons (Fsp3) is 0.400. The van der Waals surface area contributed by atoms with Gasteiger partial charge in [0.2, 0.25) is 0 Å². The summed E-state index contributed by atoms with van der Waals surface area (Å²) >= 11 is 0. The second-order valence-corrected chi connectivity index (χ2v) is 3.01. The van der Waals surface area contributed by atoms with Crippen molar-refractivity contribution >= 4 is 5.97 Å². The SMILES string of the molecule is COC(=O)c1ncc(C(F)F)c(C)c1OC. The normalized spacial score (nSPS) is 10.4. The van der Waals surface area contributed by atoms with Crippen LogP contribution in [0, 0.1) is 6.92 Å². The second-order valence-electron chi connectivity index (χ2n) is 3.01. The van der Waals surface area contributed by atoms with Crippen molar-refractivity contribution in [3.05, 3.63) is 23.0 Å². The van der Waals surface area contributed by atoms with Crippen LogP contribution in [0.15, 0.2) is 6.20 Å².